The predicted octanol–water partition coefficient (Wildman–Crippen LogP) is 5.03. The smallest absolute Gasteiger partial charge is 0.193 e. The molecule has 0 saturated carbocycles. The van der Waals surface area contributed by atoms with E-state index in [9.17, 15) is 0 Å². The van der Waals surface area contributed by atoms with Crippen LogP contribution in [0, 0.1) is 6.57 Å². The third-order valence-corrected chi connectivity index (χ3v) is 4.50. The van der Waals surface area contributed by atoms with E-state index in [2.05, 4.69) is 47.5 Å². The maximum absolute atomic E-state index is 7.30. The molecule has 0 radical (unpaired) electrons. The summed E-state index contributed by atoms with van der Waals surface area (Å²) in [6, 6.07) is 12.0. The topological polar surface area (TPSA) is 40.6 Å². The van der Waals surface area contributed by atoms with Crippen molar-refractivity contribution in [3.05, 3.63) is 53.4 Å². The maximum atomic E-state index is 7.30. The zero-order chi connectivity index (χ0) is 18.7. The number of imidazole rings is 1. The lowest BCUT2D eigenvalue weighted by molar-refractivity contribution is 0.188. The molecule has 0 spiro atoms. The van der Waals surface area contributed by atoms with Gasteiger partial charge in [0.2, 0.25) is 0 Å². The van der Waals surface area contributed by atoms with Gasteiger partial charge >= 0.3 is 0 Å². The number of hydrogen-bond donors (Lipinski definition) is 0. The number of benzene rings is 2. The molecule has 3 aromatic rings. The molecule has 0 atom stereocenters. The van der Waals surface area contributed by atoms with Gasteiger partial charge in [0.05, 0.1) is 25.8 Å². The molecular weight excluding hydrogens is 326 g/mol. The normalized spacial score (nSPS) is 11.1. The third kappa shape index (κ3) is 3.29. The summed E-state index contributed by atoms with van der Waals surface area (Å²) in [5, 5.41) is 0. The number of nitrogens with zero attached hydrogens (tertiary/aromatic N) is 3. The van der Waals surface area contributed by atoms with E-state index in [0.29, 0.717) is 30.5 Å². The molecule has 0 fully saturated rings. The second kappa shape index (κ2) is 7.59. The van der Waals surface area contributed by atoms with Crippen molar-refractivity contribution in [1.29, 1.82) is 0 Å². The fourth-order valence-electron chi connectivity index (χ4n) is 3.07. The van der Waals surface area contributed by atoms with Gasteiger partial charge in [-0.3, -0.25) is 0 Å². The molecule has 1 heterocycles. The van der Waals surface area contributed by atoms with Crippen LogP contribution in [-0.2, 0) is 11.3 Å². The molecule has 134 valence electrons. The highest BCUT2D eigenvalue weighted by Crippen LogP contribution is 2.35. The Balaban J connectivity index is 2.21. The number of ether oxygens (including phenoxy) is 2. The van der Waals surface area contributed by atoms with Gasteiger partial charge in [-0.1, -0.05) is 38.1 Å². The van der Waals surface area contributed by atoms with E-state index >= 15 is 0 Å². The third-order valence-electron chi connectivity index (χ3n) is 4.50. The van der Waals surface area contributed by atoms with Crippen molar-refractivity contribution in [2.24, 2.45) is 0 Å². The van der Waals surface area contributed by atoms with Gasteiger partial charge in [0.25, 0.3) is 0 Å². The second-order valence-electron chi connectivity index (χ2n) is 6.48. The van der Waals surface area contributed by atoms with E-state index in [4.69, 9.17) is 21.0 Å². The largest absolute Gasteiger partial charge is 0.496 e. The Kier molecular flexibility index (Phi) is 5.24. The van der Waals surface area contributed by atoms with Crippen molar-refractivity contribution in [3.63, 3.8) is 0 Å². The van der Waals surface area contributed by atoms with E-state index < -0.39 is 0 Å². The summed E-state index contributed by atoms with van der Waals surface area (Å²) in [5.74, 6) is 1.99. The first-order valence-electron chi connectivity index (χ1n) is 8.64. The molecule has 0 bridgehead atoms. The first kappa shape index (κ1) is 18.0. The van der Waals surface area contributed by atoms with E-state index in [1.165, 1.54) is 5.56 Å². The molecule has 0 aliphatic rings. The van der Waals surface area contributed by atoms with Crippen LogP contribution in [0.15, 0.2) is 36.4 Å². The molecule has 2 aromatic carbocycles. The van der Waals surface area contributed by atoms with Gasteiger partial charge in [-0.2, -0.15) is 0 Å². The summed E-state index contributed by atoms with van der Waals surface area (Å²) in [6.45, 7) is 12.9. The van der Waals surface area contributed by atoms with Crippen LogP contribution in [0.2, 0.25) is 0 Å². The van der Waals surface area contributed by atoms with Gasteiger partial charge in [0, 0.05) is 19.2 Å². The Hall–Kier alpha value is -2.84. The molecule has 1 aromatic heterocycles. The van der Waals surface area contributed by atoms with Crippen molar-refractivity contribution < 1.29 is 9.47 Å². The van der Waals surface area contributed by atoms with Gasteiger partial charge in [-0.15, -0.1) is 0 Å². The monoisotopic (exact) mass is 349 g/mol. The maximum Gasteiger partial charge on any atom is 0.193 e. The highest BCUT2D eigenvalue weighted by atomic mass is 16.5. The molecule has 3 rings (SSSR count). The molecule has 0 unspecified atom stereocenters. The summed E-state index contributed by atoms with van der Waals surface area (Å²) in [6.07, 6.45) is 0. The Morgan fingerprint density at radius 1 is 1.15 bits per heavy atom. The zero-order valence-electron chi connectivity index (χ0n) is 15.6. The van der Waals surface area contributed by atoms with Crippen LogP contribution in [-0.4, -0.2) is 30.4 Å². The van der Waals surface area contributed by atoms with Crippen LogP contribution in [0.25, 0.3) is 27.3 Å². The van der Waals surface area contributed by atoms with Crippen LogP contribution >= 0.6 is 0 Å². The standard InChI is InChI=1S/C21H23N3O2/c1-14(2)15-6-8-16(9-7-15)21-23-18-12-17(22-3)13-19(26-5)20(18)24(21)10-11-25-4/h6-9,12-14H,10-11H2,1-2,4-5H3. The van der Waals surface area contributed by atoms with Gasteiger partial charge in [0.1, 0.15) is 17.1 Å². The zero-order valence-corrected chi connectivity index (χ0v) is 15.6. The van der Waals surface area contributed by atoms with Crippen LogP contribution in [0.1, 0.15) is 25.3 Å². The SMILES string of the molecule is [C-]#[N+]c1cc(OC)c2c(c1)nc(-c1ccc(C(C)C)cc1)n2CCOC. The highest BCUT2D eigenvalue weighted by molar-refractivity contribution is 5.89. The molecule has 26 heavy (non-hydrogen) atoms. The summed E-state index contributed by atoms with van der Waals surface area (Å²) < 4.78 is 12.9. The molecule has 5 heteroatoms. The number of aromatic nitrogens is 2. The average molecular weight is 349 g/mol. The minimum Gasteiger partial charge on any atom is -0.496 e. The van der Waals surface area contributed by atoms with E-state index in [1.54, 1.807) is 26.4 Å². The van der Waals surface area contributed by atoms with Crippen LogP contribution < -0.4 is 4.74 Å². The molecule has 0 N–H and O–H groups in total. The van der Waals surface area contributed by atoms with Crippen LogP contribution in [0.5, 0.6) is 5.75 Å². The molecule has 0 aliphatic heterocycles. The number of rotatable bonds is 6. The van der Waals surface area contributed by atoms with Crippen LogP contribution in [0.4, 0.5) is 5.69 Å². The Morgan fingerprint density at radius 3 is 2.46 bits per heavy atom. The fraction of sp³-hybridized carbons (Fsp3) is 0.333. The van der Waals surface area contributed by atoms with Gasteiger partial charge < -0.3 is 14.0 Å². The summed E-state index contributed by atoms with van der Waals surface area (Å²) in [5.41, 5.74) is 4.50. The Bertz CT molecular complexity index is 950. The minimum atomic E-state index is 0.484. The Labute approximate surface area is 154 Å². The van der Waals surface area contributed by atoms with Crippen molar-refractivity contribution in [2.75, 3.05) is 20.8 Å². The number of fused-ring (bicyclic) bond motifs is 1. The lowest BCUT2D eigenvalue weighted by Crippen LogP contribution is -2.06. The first-order chi connectivity index (χ1) is 12.6. The summed E-state index contributed by atoms with van der Waals surface area (Å²) >= 11 is 0. The van der Waals surface area contributed by atoms with E-state index in [-0.39, 0.29) is 0 Å². The minimum absolute atomic E-state index is 0.484. The number of hydrogen-bond acceptors (Lipinski definition) is 3. The van der Waals surface area contributed by atoms with Crippen molar-refractivity contribution in [3.8, 4) is 17.1 Å². The van der Waals surface area contributed by atoms with Gasteiger partial charge in [-0.05, 0) is 23.6 Å². The number of methoxy groups -OCH3 is 2. The lowest BCUT2D eigenvalue weighted by Gasteiger charge is -2.12. The van der Waals surface area contributed by atoms with Gasteiger partial charge in [-0.25, -0.2) is 9.83 Å². The Morgan fingerprint density at radius 2 is 1.88 bits per heavy atom. The molecule has 0 aliphatic carbocycles. The van der Waals surface area contributed by atoms with Crippen LogP contribution in [0.3, 0.4) is 0 Å². The lowest BCUT2D eigenvalue weighted by atomic mass is 10.0. The molecule has 0 amide bonds. The first-order valence-corrected chi connectivity index (χ1v) is 8.64. The van der Waals surface area contributed by atoms with E-state index in [1.807, 2.05) is 0 Å². The van der Waals surface area contributed by atoms with Crippen molar-refractivity contribution in [1.82, 2.24) is 9.55 Å². The molecular formula is C21H23N3O2. The van der Waals surface area contributed by atoms with E-state index in [0.717, 1.165) is 22.4 Å². The highest BCUT2D eigenvalue weighted by Gasteiger charge is 2.17. The summed E-state index contributed by atoms with van der Waals surface area (Å²) in [4.78, 5) is 8.34. The average Bonchev–Trinajstić information content (AvgIpc) is 3.03. The second-order valence-corrected chi connectivity index (χ2v) is 6.48. The van der Waals surface area contributed by atoms with Crippen molar-refractivity contribution >= 4 is 16.7 Å². The molecule has 0 saturated heterocycles. The molecule has 5 nitrogen and oxygen atoms in total. The van der Waals surface area contributed by atoms with Crippen molar-refractivity contribution in [2.45, 2.75) is 26.3 Å². The summed E-state index contributed by atoms with van der Waals surface area (Å²) in [7, 11) is 3.30. The van der Waals surface area contributed by atoms with Gasteiger partial charge in [0.15, 0.2) is 5.69 Å². The predicted molar refractivity (Wildman–Crippen MR) is 104 cm³/mol. The quantitative estimate of drug-likeness (QED) is 0.586. The fourth-order valence-corrected chi connectivity index (χ4v) is 3.07.